The van der Waals surface area contributed by atoms with Gasteiger partial charge in [0.2, 0.25) is 0 Å². The third kappa shape index (κ3) is 3.98. The molecule has 0 aromatic carbocycles. The summed E-state index contributed by atoms with van der Waals surface area (Å²) in [5, 5.41) is 11.3. The zero-order valence-corrected chi connectivity index (χ0v) is 13.8. The van der Waals surface area contributed by atoms with Crippen LogP contribution in [0.3, 0.4) is 0 Å². The maximum atomic E-state index is 4.72. The molecule has 2 N–H and O–H groups in total. The third-order valence-electron chi connectivity index (χ3n) is 4.37. The summed E-state index contributed by atoms with van der Waals surface area (Å²) in [5.74, 6) is 1.65. The lowest BCUT2D eigenvalue weighted by molar-refractivity contribution is 0.315. The predicted molar refractivity (Wildman–Crippen MR) is 89.8 cm³/mol. The lowest BCUT2D eigenvalue weighted by atomic mass is 10.1. The average Bonchev–Trinajstić information content (AvgIpc) is 3.07. The summed E-state index contributed by atoms with van der Waals surface area (Å²) >= 11 is 1.73. The molecule has 0 bridgehead atoms. The van der Waals surface area contributed by atoms with E-state index in [4.69, 9.17) is 4.99 Å². The van der Waals surface area contributed by atoms with E-state index in [1.54, 1.807) is 11.3 Å². The van der Waals surface area contributed by atoms with E-state index in [1.807, 2.05) is 0 Å². The lowest BCUT2D eigenvalue weighted by Crippen LogP contribution is -2.46. The second-order valence-electron chi connectivity index (χ2n) is 6.24. The molecule has 1 saturated carbocycles. The zero-order valence-electron chi connectivity index (χ0n) is 13.0. The SMILES string of the molecule is CCNC(=NCc1ccsc1)NC1CN(C2CC2)CC1C. The van der Waals surface area contributed by atoms with Crippen LogP contribution in [0.15, 0.2) is 21.8 Å². The van der Waals surface area contributed by atoms with Crippen LogP contribution in [0, 0.1) is 5.92 Å². The monoisotopic (exact) mass is 306 g/mol. The van der Waals surface area contributed by atoms with Crippen molar-refractivity contribution in [2.24, 2.45) is 10.9 Å². The van der Waals surface area contributed by atoms with E-state index in [0.717, 1.165) is 31.6 Å². The number of hydrogen-bond acceptors (Lipinski definition) is 3. The Balaban J connectivity index is 1.57. The molecule has 1 aromatic rings. The van der Waals surface area contributed by atoms with Crippen LogP contribution in [0.2, 0.25) is 0 Å². The van der Waals surface area contributed by atoms with Crippen molar-refractivity contribution < 1.29 is 0 Å². The minimum atomic E-state index is 0.519. The highest BCUT2D eigenvalue weighted by molar-refractivity contribution is 7.07. The van der Waals surface area contributed by atoms with Gasteiger partial charge in [-0.25, -0.2) is 4.99 Å². The summed E-state index contributed by atoms with van der Waals surface area (Å²) in [5.41, 5.74) is 1.29. The van der Waals surface area contributed by atoms with Gasteiger partial charge in [-0.15, -0.1) is 0 Å². The highest BCUT2D eigenvalue weighted by atomic mass is 32.1. The molecular formula is C16H26N4S. The minimum Gasteiger partial charge on any atom is -0.357 e. The van der Waals surface area contributed by atoms with Gasteiger partial charge in [0.25, 0.3) is 0 Å². The molecule has 1 aromatic heterocycles. The van der Waals surface area contributed by atoms with Gasteiger partial charge in [0, 0.05) is 31.7 Å². The molecule has 2 aliphatic rings. The second kappa shape index (κ2) is 6.79. The molecule has 21 heavy (non-hydrogen) atoms. The third-order valence-corrected chi connectivity index (χ3v) is 5.10. The first-order chi connectivity index (χ1) is 10.3. The first-order valence-electron chi connectivity index (χ1n) is 8.06. The van der Waals surface area contributed by atoms with Gasteiger partial charge < -0.3 is 10.6 Å². The van der Waals surface area contributed by atoms with E-state index in [-0.39, 0.29) is 0 Å². The molecule has 2 unspecified atom stereocenters. The molecule has 2 heterocycles. The summed E-state index contributed by atoms with van der Waals surface area (Å²) in [6, 6.07) is 3.53. The van der Waals surface area contributed by atoms with Gasteiger partial charge in [-0.3, -0.25) is 4.90 Å². The van der Waals surface area contributed by atoms with Crippen LogP contribution in [-0.2, 0) is 6.54 Å². The smallest absolute Gasteiger partial charge is 0.191 e. The summed E-state index contributed by atoms with van der Waals surface area (Å²) in [6.07, 6.45) is 2.79. The van der Waals surface area contributed by atoms with Crippen molar-refractivity contribution in [1.29, 1.82) is 0 Å². The largest absolute Gasteiger partial charge is 0.357 e. The van der Waals surface area contributed by atoms with E-state index in [1.165, 1.54) is 24.9 Å². The summed E-state index contributed by atoms with van der Waals surface area (Å²) in [6.45, 7) is 8.52. The van der Waals surface area contributed by atoms with Crippen LogP contribution < -0.4 is 10.6 Å². The Hall–Kier alpha value is -1.07. The molecule has 0 amide bonds. The molecule has 2 atom stereocenters. The van der Waals surface area contributed by atoms with E-state index >= 15 is 0 Å². The fourth-order valence-electron chi connectivity index (χ4n) is 2.98. The Bertz CT molecular complexity index is 467. The molecule has 1 aliphatic carbocycles. The van der Waals surface area contributed by atoms with Crippen molar-refractivity contribution in [3.05, 3.63) is 22.4 Å². The highest BCUT2D eigenvalue weighted by Crippen LogP contribution is 2.31. The van der Waals surface area contributed by atoms with Crippen LogP contribution in [0.4, 0.5) is 0 Å². The number of nitrogens with one attached hydrogen (secondary N) is 2. The highest BCUT2D eigenvalue weighted by Gasteiger charge is 2.38. The van der Waals surface area contributed by atoms with Crippen molar-refractivity contribution in [1.82, 2.24) is 15.5 Å². The van der Waals surface area contributed by atoms with Crippen LogP contribution >= 0.6 is 11.3 Å². The fraction of sp³-hybridized carbons (Fsp3) is 0.688. The van der Waals surface area contributed by atoms with E-state index in [9.17, 15) is 0 Å². The number of hydrogen-bond donors (Lipinski definition) is 2. The zero-order chi connectivity index (χ0) is 14.7. The van der Waals surface area contributed by atoms with Gasteiger partial charge >= 0.3 is 0 Å². The van der Waals surface area contributed by atoms with Crippen molar-refractivity contribution in [2.75, 3.05) is 19.6 Å². The number of aliphatic imine (C=N–C) groups is 1. The van der Waals surface area contributed by atoms with E-state index in [2.05, 4.69) is 46.2 Å². The Labute approximate surface area is 131 Å². The summed E-state index contributed by atoms with van der Waals surface area (Å²) in [7, 11) is 0. The van der Waals surface area contributed by atoms with E-state index < -0.39 is 0 Å². The quantitative estimate of drug-likeness (QED) is 0.648. The molecule has 1 saturated heterocycles. The molecule has 1 aliphatic heterocycles. The Morgan fingerprint density at radius 1 is 1.43 bits per heavy atom. The molecule has 0 radical (unpaired) electrons. The van der Waals surface area contributed by atoms with Gasteiger partial charge in [0.15, 0.2) is 5.96 Å². The van der Waals surface area contributed by atoms with Crippen LogP contribution in [-0.4, -0.2) is 42.6 Å². The number of likely N-dealkylation sites (tertiary alicyclic amines) is 1. The number of guanidine groups is 1. The standard InChI is InChI=1S/C16H26N4S/c1-3-17-16(18-8-13-6-7-21-11-13)19-15-10-20(9-12(15)2)14-4-5-14/h6-7,11-12,14-15H,3-5,8-10H2,1-2H3,(H2,17,18,19). The predicted octanol–water partition coefficient (Wildman–Crippen LogP) is 2.29. The van der Waals surface area contributed by atoms with E-state index in [0.29, 0.717) is 12.0 Å². The molecular weight excluding hydrogens is 280 g/mol. The molecule has 2 fully saturated rings. The lowest BCUT2D eigenvalue weighted by Gasteiger charge is -2.20. The second-order valence-corrected chi connectivity index (χ2v) is 7.02. The van der Waals surface area contributed by atoms with Gasteiger partial charge in [0.05, 0.1) is 6.54 Å². The van der Waals surface area contributed by atoms with Crippen LogP contribution in [0.5, 0.6) is 0 Å². The van der Waals surface area contributed by atoms with Gasteiger partial charge in [-0.1, -0.05) is 6.92 Å². The summed E-state index contributed by atoms with van der Waals surface area (Å²) < 4.78 is 0. The minimum absolute atomic E-state index is 0.519. The first kappa shape index (κ1) is 14.9. The van der Waals surface area contributed by atoms with Crippen molar-refractivity contribution in [3.8, 4) is 0 Å². The van der Waals surface area contributed by atoms with Crippen molar-refractivity contribution in [3.63, 3.8) is 0 Å². The Morgan fingerprint density at radius 2 is 2.29 bits per heavy atom. The Kier molecular flexibility index (Phi) is 4.80. The van der Waals surface area contributed by atoms with Gasteiger partial charge in [-0.2, -0.15) is 11.3 Å². The van der Waals surface area contributed by atoms with Crippen LogP contribution in [0.1, 0.15) is 32.3 Å². The Morgan fingerprint density at radius 3 is 2.95 bits per heavy atom. The van der Waals surface area contributed by atoms with Crippen molar-refractivity contribution in [2.45, 2.75) is 45.3 Å². The maximum Gasteiger partial charge on any atom is 0.191 e. The molecule has 0 spiro atoms. The normalized spacial score (nSPS) is 27.0. The maximum absolute atomic E-state index is 4.72. The summed E-state index contributed by atoms with van der Waals surface area (Å²) in [4.78, 5) is 7.37. The number of rotatable bonds is 5. The molecule has 116 valence electrons. The molecule has 4 nitrogen and oxygen atoms in total. The van der Waals surface area contributed by atoms with Gasteiger partial charge in [-0.05, 0) is 48.1 Å². The number of nitrogens with zero attached hydrogens (tertiary/aromatic N) is 2. The average molecular weight is 306 g/mol. The first-order valence-corrected chi connectivity index (χ1v) is 9.00. The number of thiophene rings is 1. The fourth-order valence-corrected chi connectivity index (χ4v) is 3.64. The van der Waals surface area contributed by atoms with Crippen molar-refractivity contribution >= 4 is 17.3 Å². The molecule has 5 heteroatoms. The molecule has 3 rings (SSSR count). The van der Waals surface area contributed by atoms with Crippen LogP contribution in [0.25, 0.3) is 0 Å². The topological polar surface area (TPSA) is 39.7 Å². The van der Waals surface area contributed by atoms with Gasteiger partial charge in [0.1, 0.15) is 0 Å².